The van der Waals surface area contributed by atoms with E-state index in [9.17, 15) is 18.3 Å². The van der Waals surface area contributed by atoms with E-state index >= 15 is 0 Å². The van der Waals surface area contributed by atoms with Crippen molar-refractivity contribution in [2.45, 2.75) is 58.3 Å². The Balaban J connectivity index is 2.51. The monoisotopic (exact) mass is 499 g/mol. The number of hydrogen-bond acceptors (Lipinski definition) is 7. The molecule has 0 saturated carbocycles. The maximum Gasteiger partial charge on any atom is 0.258 e. The topological polar surface area (TPSA) is 108 Å². The van der Waals surface area contributed by atoms with Crippen LogP contribution in [-0.4, -0.2) is 94.1 Å². The first-order valence-corrected chi connectivity index (χ1v) is 13.8. The van der Waals surface area contributed by atoms with Crippen LogP contribution in [0.2, 0.25) is 0 Å². The minimum atomic E-state index is -3.52. The van der Waals surface area contributed by atoms with E-state index in [1.807, 2.05) is 27.9 Å². The van der Waals surface area contributed by atoms with Gasteiger partial charge in [0.05, 0.1) is 36.7 Å². The van der Waals surface area contributed by atoms with E-state index in [4.69, 9.17) is 9.47 Å². The minimum absolute atomic E-state index is 0.00362. The predicted octanol–water partition coefficient (Wildman–Crippen LogP) is 2.42. The zero-order valence-electron chi connectivity index (χ0n) is 21.3. The number of rotatable bonds is 6. The zero-order valence-corrected chi connectivity index (χ0v) is 22.1. The molecule has 1 amide bonds. The van der Waals surface area contributed by atoms with Gasteiger partial charge in [-0.15, -0.1) is 0 Å². The highest BCUT2D eigenvalue weighted by Crippen LogP contribution is 2.28. The van der Waals surface area contributed by atoms with Crippen molar-refractivity contribution in [1.29, 1.82) is 0 Å². The molecule has 1 aromatic carbocycles. The molecule has 0 spiro atoms. The van der Waals surface area contributed by atoms with Crippen LogP contribution >= 0.6 is 0 Å². The second-order valence-corrected chi connectivity index (χ2v) is 11.4. The SMILES string of the molecule is C[C@H](CO)N1C[C@H](C)[C@H](CN(C)C)OCCCC[C@H](C)Oc2ccc(NS(C)(=O)=O)cc2C1=O. The van der Waals surface area contributed by atoms with E-state index in [1.165, 1.54) is 6.07 Å². The number of benzene rings is 1. The number of ether oxygens (including phenoxy) is 2. The third kappa shape index (κ3) is 8.72. The number of carbonyl (C=O) groups excluding carboxylic acids is 1. The summed E-state index contributed by atoms with van der Waals surface area (Å²) in [6.07, 6.45) is 3.48. The second-order valence-electron chi connectivity index (χ2n) is 9.65. The molecular weight excluding hydrogens is 458 g/mol. The first-order chi connectivity index (χ1) is 15.9. The molecule has 0 aromatic heterocycles. The van der Waals surface area contributed by atoms with Crippen LogP contribution in [0.1, 0.15) is 50.4 Å². The summed E-state index contributed by atoms with van der Waals surface area (Å²) in [5, 5.41) is 9.91. The van der Waals surface area contributed by atoms with Crippen molar-refractivity contribution < 1.29 is 27.8 Å². The average Bonchev–Trinajstić information content (AvgIpc) is 2.74. The number of hydrogen-bond donors (Lipinski definition) is 2. The molecule has 1 aromatic rings. The van der Waals surface area contributed by atoms with Crippen molar-refractivity contribution in [2.75, 3.05) is 51.4 Å². The van der Waals surface area contributed by atoms with Gasteiger partial charge in [0.1, 0.15) is 5.75 Å². The molecule has 0 saturated heterocycles. The minimum Gasteiger partial charge on any atom is -0.490 e. The van der Waals surface area contributed by atoms with Crippen LogP contribution in [0.25, 0.3) is 0 Å². The quantitative estimate of drug-likeness (QED) is 0.619. The van der Waals surface area contributed by atoms with Crippen LogP contribution in [0.5, 0.6) is 5.75 Å². The summed E-state index contributed by atoms with van der Waals surface area (Å²) in [5.74, 6) is 0.0785. The maximum atomic E-state index is 13.8. The summed E-state index contributed by atoms with van der Waals surface area (Å²) in [6, 6.07) is 4.28. The lowest BCUT2D eigenvalue weighted by Gasteiger charge is -2.35. The van der Waals surface area contributed by atoms with Crippen LogP contribution in [0.4, 0.5) is 5.69 Å². The van der Waals surface area contributed by atoms with Gasteiger partial charge in [0.15, 0.2) is 0 Å². The Bertz CT molecular complexity index is 908. The molecule has 0 aliphatic carbocycles. The molecule has 9 nitrogen and oxygen atoms in total. The van der Waals surface area contributed by atoms with E-state index in [2.05, 4.69) is 9.62 Å². The van der Waals surface area contributed by atoms with Gasteiger partial charge < -0.3 is 24.4 Å². The van der Waals surface area contributed by atoms with Gasteiger partial charge in [-0.2, -0.15) is 0 Å². The Morgan fingerprint density at radius 1 is 1.26 bits per heavy atom. The number of carbonyl (C=O) groups is 1. The Labute approximate surface area is 204 Å². The maximum absolute atomic E-state index is 13.8. The average molecular weight is 500 g/mol. The van der Waals surface area contributed by atoms with E-state index in [0.29, 0.717) is 18.9 Å². The fraction of sp³-hybridized carbons (Fsp3) is 0.708. The second kappa shape index (κ2) is 12.7. The van der Waals surface area contributed by atoms with Crippen LogP contribution < -0.4 is 9.46 Å². The van der Waals surface area contributed by atoms with Crippen molar-refractivity contribution in [3.05, 3.63) is 23.8 Å². The van der Waals surface area contributed by atoms with E-state index in [1.54, 1.807) is 24.0 Å². The molecule has 10 heteroatoms. The number of nitrogens with zero attached hydrogens (tertiary/aromatic N) is 2. The Morgan fingerprint density at radius 2 is 1.97 bits per heavy atom. The fourth-order valence-electron chi connectivity index (χ4n) is 4.02. The van der Waals surface area contributed by atoms with Gasteiger partial charge in [-0.25, -0.2) is 8.42 Å². The van der Waals surface area contributed by atoms with Crippen molar-refractivity contribution in [1.82, 2.24) is 9.80 Å². The summed E-state index contributed by atoms with van der Waals surface area (Å²) < 4.78 is 38.3. The van der Waals surface area contributed by atoms with Gasteiger partial charge in [-0.3, -0.25) is 9.52 Å². The van der Waals surface area contributed by atoms with E-state index < -0.39 is 16.1 Å². The van der Waals surface area contributed by atoms with Gasteiger partial charge in [-0.05, 0) is 65.4 Å². The number of anilines is 1. The van der Waals surface area contributed by atoms with Gasteiger partial charge in [0.25, 0.3) is 5.91 Å². The van der Waals surface area contributed by atoms with E-state index in [0.717, 1.165) is 32.1 Å². The zero-order chi connectivity index (χ0) is 25.5. The van der Waals surface area contributed by atoms with Crippen LogP contribution in [0.3, 0.4) is 0 Å². The van der Waals surface area contributed by atoms with Crippen LogP contribution in [0.15, 0.2) is 18.2 Å². The fourth-order valence-corrected chi connectivity index (χ4v) is 4.58. The largest absolute Gasteiger partial charge is 0.490 e. The van der Waals surface area contributed by atoms with Gasteiger partial charge in [0.2, 0.25) is 10.0 Å². The van der Waals surface area contributed by atoms with Gasteiger partial charge in [0, 0.05) is 31.3 Å². The van der Waals surface area contributed by atoms with Gasteiger partial charge in [-0.1, -0.05) is 6.92 Å². The summed E-state index contributed by atoms with van der Waals surface area (Å²) in [7, 11) is 0.465. The molecule has 0 unspecified atom stereocenters. The van der Waals surface area contributed by atoms with Gasteiger partial charge >= 0.3 is 0 Å². The predicted molar refractivity (Wildman–Crippen MR) is 134 cm³/mol. The van der Waals surface area contributed by atoms with Crippen LogP contribution in [0, 0.1) is 5.92 Å². The number of sulfonamides is 1. The Kier molecular flexibility index (Phi) is 10.6. The third-order valence-electron chi connectivity index (χ3n) is 5.90. The molecule has 34 heavy (non-hydrogen) atoms. The summed E-state index contributed by atoms with van der Waals surface area (Å²) in [6.45, 7) is 7.31. The lowest BCUT2D eigenvalue weighted by molar-refractivity contribution is -0.0137. The summed E-state index contributed by atoms with van der Waals surface area (Å²) in [4.78, 5) is 17.5. The van der Waals surface area contributed by atoms with Crippen LogP contribution in [-0.2, 0) is 14.8 Å². The molecular formula is C24H41N3O6S. The molecule has 0 bridgehead atoms. The molecule has 0 fully saturated rings. The molecule has 1 aliphatic heterocycles. The number of aliphatic hydroxyl groups is 1. The van der Waals surface area contributed by atoms with Crippen molar-refractivity contribution in [2.24, 2.45) is 5.92 Å². The smallest absolute Gasteiger partial charge is 0.258 e. The highest BCUT2D eigenvalue weighted by atomic mass is 32.2. The number of amides is 1. The molecule has 194 valence electrons. The highest BCUT2D eigenvalue weighted by molar-refractivity contribution is 7.92. The number of aliphatic hydroxyl groups excluding tert-OH is 1. The van der Waals surface area contributed by atoms with E-state index in [-0.39, 0.29) is 41.9 Å². The molecule has 1 heterocycles. The first kappa shape index (κ1) is 28.4. The third-order valence-corrected chi connectivity index (χ3v) is 6.51. The summed E-state index contributed by atoms with van der Waals surface area (Å²) in [5.41, 5.74) is 0.542. The Hall–Kier alpha value is -1.88. The van der Waals surface area contributed by atoms with Crippen molar-refractivity contribution in [3.63, 3.8) is 0 Å². The lowest BCUT2D eigenvalue weighted by atomic mass is 10.0. The van der Waals surface area contributed by atoms with Crippen molar-refractivity contribution >= 4 is 21.6 Å². The molecule has 4 atom stereocenters. The molecule has 2 N–H and O–H groups in total. The summed E-state index contributed by atoms with van der Waals surface area (Å²) >= 11 is 0. The highest BCUT2D eigenvalue weighted by Gasteiger charge is 2.30. The molecule has 2 rings (SSSR count). The van der Waals surface area contributed by atoms with Crippen molar-refractivity contribution in [3.8, 4) is 5.75 Å². The number of likely N-dealkylation sites (N-methyl/N-ethyl adjacent to an activating group) is 1. The normalized spacial score (nSPS) is 24.2. The molecule has 1 aliphatic rings. The Morgan fingerprint density at radius 3 is 2.59 bits per heavy atom. The lowest BCUT2D eigenvalue weighted by Crippen LogP contribution is -2.47. The standard InChI is InChI=1S/C24H41N3O6S/c1-17-14-27(18(2)16-28)24(29)21-13-20(25-34(6,30)31)10-11-22(21)33-19(3)9-7-8-12-32-23(17)15-26(4)5/h10-11,13,17-19,23,25,28H,7-9,12,14-16H2,1-6H3/t17-,18+,19-,23-/m0/s1. The number of fused-ring (bicyclic) bond motifs is 1. The number of nitrogens with one attached hydrogen (secondary N) is 1. The molecule has 0 radical (unpaired) electrons. The first-order valence-electron chi connectivity index (χ1n) is 11.9.